The Bertz CT molecular complexity index is 469. The van der Waals surface area contributed by atoms with Crippen LogP contribution in [0.4, 0.5) is 0 Å². The molecule has 24 heavy (non-hydrogen) atoms. The average Bonchev–Trinajstić information content (AvgIpc) is 2.52. The molecular weight excluding hydrogens is 430 g/mol. The van der Waals surface area contributed by atoms with Crippen LogP contribution in [0.15, 0.2) is 24.3 Å². The summed E-state index contributed by atoms with van der Waals surface area (Å²) < 4.78 is 8.74. The van der Waals surface area contributed by atoms with Crippen molar-refractivity contribution in [2.24, 2.45) is 0 Å². The van der Waals surface area contributed by atoms with E-state index in [1.165, 1.54) is 44.9 Å². The summed E-state index contributed by atoms with van der Waals surface area (Å²) in [4.78, 5) is 0. The molecule has 0 unspecified atom stereocenters. The first kappa shape index (κ1) is 22.3. The predicted octanol–water partition coefficient (Wildman–Crippen LogP) is 6.00. The zero-order chi connectivity index (χ0) is 18.1. The van der Waals surface area contributed by atoms with Crippen LogP contribution >= 0.6 is 26.3 Å². The summed E-state index contributed by atoms with van der Waals surface area (Å²) in [6.07, 6.45) is 9.98. The number of unbranched alkanes of at least 4 members (excludes halogenated alkanes) is 5. The van der Waals surface area contributed by atoms with Crippen LogP contribution in [0.2, 0.25) is 0 Å². The summed E-state index contributed by atoms with van der Waals surface area (Å²) in [6.45, 7) is 7.33. The van der Waals surface area contributed by atoms with Crippen molar-refractivity contribution >= 4 is 31.6 Å². The van der Waals surface area contributed by atoms with Gasteiger partial charge in [-0.15, -0.1) is 0 Å². The van der Waals surface area contributed by atoms with E-state index >= 15 is 0 Å². The molecule has 140 valence electrons. The molecule has 0 aromatic heterocycles. The molecule has 0 aliphatic carbocycles. The first-order valence-corrected chi connectivity index (χ1v) is 15.5. The van der Waals surface area contributed by atoms with E-state index in [0.29, 0.717) is 0 Å². The molecule has 2 nitrogen and oxygen atoms in total. The third-order valence-corrected chi connectivity index (χ3v) is 8.09. The van der Waals surface area contributed by atoms with Crippen molar-refractivity contribution in [3.05, 3.63) is 29.8 Å². The summed E-state index contributed by atoms with van der Waals surface area (Å²) in [5, 5.41) is 1.61. The van der Waals surface area contributed by atoms with Gasteiger partial charge in [0, 0.05) is 14.2 Å². The molecule has 0 saturated carbocycles. The third-order valence-electron chi connectivity index (χ3n) is 4.47. The summed E-state index contributed by atoms with van der Waals surface area (Å²) in [5.41, 5.74) is 1.57. The molecule has 0 fully saturated rings. The minimum atomic E-state index is -1.71. The van der Waals surface area contributed by atoms with Crippen LogP contribution in [-0.2, 0) is 15.9 Å². The zero-order valence-electron chi connectivity index (χ0n) is 16.2. The maximum absolute atomic E-state index is 5.22. The van der Waals surface area contributed by atoms with E-state index in [1.807, 2.05) is 0 Å². The Morgan fingerprint density at radius 2 is 1.42 bits per heavy atom. The van der Waals surface area contributed by atoms with E-state index in [0.717, 1.165) is 6.42 Å². The summed E-state index contributed by atoms with van der Waals surface area (Å²) in [5.74, 6) is 0. The van der Waals surface area contributed by atoms with Crippen molar-refractivity contribution in [1.82, 2.24) is 0 Å². The molecular formula is C20H36IO2P. The van der Waals surface area contributed by atoms with Crippen molar-refractivity contribution < 1.29 is 9.47 Å². The second kappa shape index (κ2) is 10.4. The van der Waals surface area contributed by atoms with Gasteiger partial charge in [0.15, 0.2) is 0 Å². The van der Waals surface area contributed by atoms with Crippen molar-refractivity contribution in [2.45, 2.75) is 57.7 Å². The van der Waals surface area contributed by atoms with Gasteiger partial charge >= 0.3 is 149 Å². The van der Waals surface area contributed by atoms with E-state index in [1.54, 1.807) is 25.1 Å². The van der Waals surface area contributed by atoms with Gasteiger partial charge in [-0.3, -0.25) is 0 Å². The van der Waals surface area contributed by atoms with Gasteiger partial charge in [0.1, 0.15) is 0 Å². The standard InChI is InChI=1S/C20H36IO2P/c1-22-20(23-2)17-11-9-7-6-8-10-14-18-15-12-13-16-19(18)24(3,4,5)21/h12-13,15-16,20H,6-11,14,17H2,1-5H3. The maximum atomic E-state index is 5.22. The Balaban J connectivity index is 2.25. The van der Waals surface area contributed by atoms with Crippen LogP contribution in [-0.4, -0.2) is 40.5 Å². The van der Waals surface area contributed by atoms with Gasteiger partial charge in [0.25, 0.3) is 0 Å². The first-order valence-electron chi connectivity index (χ1n) is 9.11. The van der Waals surface area contributed by atoms with Crippen LogP contribution in [0, 0.1) is 0 Å². The second-order valence-corrected chi connectivity index (χ2v) is 23.6. The summed E-state index contributed by atoms with van der Waals surface area (Å²) in [6, 6.07) is 9.07. The van der Waals surface area contributed by atoms with E-state index in [4.69, 9.17) is 9.47 Å². The smallest absolute Gasteiger partial charge is 0.0386 e. The van der Waals surface area contributed by atoms with Crippen molar-refractivity contribution in [1.29, 1.82) is 0 Å². The summed E-state index contributed by atoms with van der Waals surface area (Å²) in [7, 11) is 3.43. The Morgan fingerprint density at radius 3 is 2.00 bits per heavy atom. The fourth-order valence-electron chi connectivity index (χ4n) is 3.12. The van der Waals surface area contributed by atoms with Crippen molar-refractivity contribution in [3.63, 3.8) is 0 Å². The molecule has 0 atom stereocenters. The number of hydrogen-bond donors (Lipinski definition) is 0. The fraction of sp³-hybridized carbons (Fsp3) is 0.700. The number of halogens is 1. The van der Waals surface area contributed by atoms with Crippen molar-refractivity contribution in [3.8, 4) is 0 Å². The number of ether oxygens (including phenoxy) is 2. The normalized spacial score (nSPS) is 13.9. The van der Waals surface area contributed by atoms with Gasteiger partial charge in [0.05, 0.1) is 0 Å². The minimum Gasteiger partial charge on any atom is 0.0386 e. The molecule has 0 saturated heterocycles. The van der Waals surface area contributed by atoms with Gasteiger partial charge in [-0.1, -0.05) is 0 Å². The molecule has 1 rings (SSSR count). The Morgan fingerprint density at radius 1 is 0.875 bits per heavy atom. The van der Waals surface area contributed by atoms with Gasteiger partial charge < -0.3 is 0 Å². The van der Waals surface area contributed by atoms with Gasteiger partial charge in [0.2, 0.25) is 0 Å². The average molecular weight is 466 g/mol. The molecule has 0 aliphatic heterocycles. The number of hydrogen-bond acceptors (Lipinski definition) is 2. The molecule has 0 spiro atoms. The van der Waals surface area contributed by atoms with Gasteiger partial charge in [-0.25, -0.2) is 0 Å². The zero-order valence-corrected chi connectivity index (χ0v) is 19.2. The third kappa shape index (κ3) is 8.60. The van der Waals surface area contributed by atoms with Crippen LogP contribution in [0.5, 0.6) is 0 Å². The first-order chi connectivity index (χ1) is 11.2. The van der Waals surface area contributed by atoms with E-state index < -0.39 is 4.25 Å². The SMILES string of the molecule is COC(CCCCCCCCc1ccccc1P(C)(C)(C)I)OC. The van der Waals surface area contributed by atoms with Crippen molar-refractivity contribution in [2.75, 3.05) is 34.2 Å². The van der Waals surface area contributed by atoms with Crippen LogP contribution < -0.4 is 5.30 Å². The molecule has 0 radical (unpaired) electrons. The summed E-state index contributed by atoms with van der Waals surface area (Å²) >= 11 is 2.71. The Labute approximate surface area is 162 Å². The molecule has 0 aliphatic rings. The molecule has 0 bridgehead atoms. The van der Waals surface area contributed by atoms with Gasteiger partial charge in [-0.2, -0.15) is 0 Å². The molecule has 0 N–H and O–H groups in total. The second-order valence-electron chi connectivity index (χ2n) is 7.79. The van der Waals surface area contributed by atoms with Crippen LogP contribution in [0.3, 0.4) is 0 Å². The van der Waals surface area contributed by atoms with E-state index in [2.05, 4.69) is 66.3 Å². The Hall–Kier alpha value is 0.300. The monoisotopic (exact) mass is 466 g/mol. The molecule has 1 aromatic rings. The number of rotatable bonds is 12. The molecule has 4 heteroatoms. The van der Waals surface area contributed by atoms with Crippen LogP contribution in [0.25, 0.3) is 0 Å². The van der Waals surface area contributed by atoms with E-state index in [-0.39, 0.29) is 6.29 Å². The number of benzene rings is 1. The van der Waals surface area contributed by atoms with E-state index in [9.17, 15) is 0 Å². The number of aryl methyl sites for hydroxylation is 1. The fourth-order valence-corrected chi connectivity index (χ4v) is 6.28. The molecule has 1 aromatic carbocycles. The predicted molar refractivity (Wildman–Crippen MR) is 119 cm³/mol. The van der Waals surface area contributed by atoms with Gasteiger partial charge in [-0.05, 0) is 0 Å². The number of methoxy groups -OCH3 is 2. The Kier molecular flexibility index (Phi) is 9.73. The molecule has 0 amide bonds. The minimum absolute atomic E-state index is 0.0246. The quantitative estimate of drug-likeness (QED) is 0.163. The topological polar surface area (TPSA) is 18.5 Å². The van der Waals surface area contributed by atoms with Crippen LogP contribution in [0.1, 0.15) is 50.5 Å². The molecule has 0 heterocycles.